The van der Waals surface area contributed by atoms with Crippen LogP contribution in [0.5, 0.6) is 0 Å². The van der Waals surface area contributed by atoms with Crippen LogP contribution >= 0.6 is 0 Å². The van der Waals surface area contributed by atoms with Crippen LogP contribution in [0.1, 0.15) is 23.2 Å². The van der Waals surface area contributed by atoms with Gasteiger partial charge in [-0.05, 0) is 39.1 Å². The van der Waals surface area contributed by atoms with Gasteiger partial charge in [-0.15, -0.1) is 0 Å². The van der Waals surface area contributed by atoms with Gasteiger partial charge in [-0.3, -0.25) is 4.79 Å². The van der Waals surface area contributed by atoms with Crippen molar-refractivity contribution in [2.45, 2.75) is 37.3 Å². The van der Waals surface area contributed by atoms with Gasteiger partial charge in [0.1, 0.15) is 12.2 Å². The Kier molecular flexibility index (Phi) is 8.63. The van der Waals surface area contributed by atoms with Gasteiger partial charge in [-0.25, -0.2) is 4.79 Å². The van der Waals surface area contributed by atoms with Crippen molar-refractivity contribution in [3.63, 3.8) is 0 Å². The summed E-state index contributed by atoms with van der Waals surface area (Å²) >= 11 is 0. The number of carboxylic acid groups (broad SMARTS) is 1. The van der Waals surface area contributed by atoms with Crippen molar-refractivity contribution < 1.29 is 37.3 Å². The molecule has 0 bridgehead atoms. The first-order chi connectivity index (χ1) is 14.1. The van der Waals surface area contributed by atoms with E-state index >= 15 is 0 Å². The summed E-state index contributed by atoms with van der Waals surface area (Å²) in [6.45, 7) is 2.93. The summed E-state index contributed by atoms with van der Waals surface area (Å²) in [4.78, 5) is 25.8. The SMILES string of the molecule is CN(C)CCO[C@@H]1CN(C(=O)c2ccccc2)[C@@H]2CCCO[C@@H]21.O=C(O)C(F)(F)F. The molecular weight excluding hydrogens is 405 g/mol. The number of aliphatic carboxylic acids is 1. The molecule has 3 rings (SSSR count). The van der Waals surface area contributed by atoms with Crippen molar-refractivity contribution >= 4 is 11.9 Å². The molecule has 2 saturated heterocycles. The summed E-state index contributed by atoms with van der Waals surface area (Å²) in [5, 5.41) is 7.12. The van der Waals surface area contributed by atoms with Crippen molar-refractivity contribution in [3.8, 4) is 0 Å². The van der Waals surface area contributed by atoms with Crippen LogP contribution in [0.15, 0.2) is 30.3 Å². The highest BCUT2D eigenvalue weighted by Gasteiger charge is 2.46. The minimum atomic E-state index is -5.08. The molecule has 168 valence electrons. The summed E-state index contributed by atoms with van der Waals surface area (Å²) in [5.74, 6) is -2.67. The number of benzene rings is 1. The summed E-state index contributed by atoms with van der Waals surface area (Å²) in [5.41, 5.74) is 0.741. The maximum Gasteiger partial charge on any atom is 0.490 e. The Morgan fingerprint density at radius 2 is 1.90 bits per heavy atom. The fourth-order valence-corrected chi connectivity index (χ4v) is 3.42. The van der Waals surface area contributed by atoms with Crippen LogP contribution in [-0.4, -0.2) is 91.6 Å². The highest BCUT2D eigenvalue weighted by Crippen LogP contribution is 2.31. The monoisotopic (exact) mass is 432 g/mol. The Bertz CT molecular complexity index is 699. The van der Waals surface area contributed by atoms with Gasteiger partial charge in [0.15, 0.2) is 0 Å². The van der Waals surface area contributed by atoms with Crippen molar-refractivity contribution in [2.75, 3.05) is 40.4 Å². The number of amides is 1. The predicted octanol–water partition coefficient (Wildman–Crippen LogP) is 2.27. The van der Waals surface area contributed by atoms with Crippen molar-refractivity contribution in [1.82, 2.24) is 9.80 Å². The van der Waals surface area contributed by atoms with E-state index in [0.29, 0.717) is 13.2 Å². The molecule has 1 aromatic carbocycles. The van der Waals surface area contributed by atoms with E-state index in [9.17, 15) is 18.0 Å². The molecule has 30 heavy (non-hydrogen) atoms. The van der Waals surface area contributed by atoms with E-state index in [-0.39, 0.29) is 24.2 Å². The Hall–Kier alpha value is -2.17. The van der Waals surface area contributed by atoms with Crippen molar-refractivity contribution in [3.05, 3.63) is 35.9 Å². The molecule has 1 N–H and O–H groups in total. The number of carbonyl (C=O) groups excluding carboxylic acids is 1. The second kappa shape index (κ2) is 10.7. The van der Waals surface area contributed by atoms with Gasteiger partial charge in [0.05, 0.1) is 19.2 Å². The van der Waals surface area contributed by atoms with Gasteiger partial charge in [0.25, 0.3) is 5.91 Å². The molecule has 2 fully saturated rings. The van der Waals surface area contributed by atoms with Crippen LogP contribution in [0.25, 0.3) is 0 Å². The van der Waals surface area contributed by atoms with Gasteiger partial charge in [-0.1, -0.05) is 18.2 Å². The Labute approximate surface area is 173 Å². The van der Waals surface area contributed by atoms with Crippen LogP contribution in [0.2, 0.25) is 0 Å². The fraction of sp³-hybridized carbons (Fsp3) is 0.600. The molecule has 0 radical (unpaired) electrons. The molecule has 1 aromatic rings. The standard InChI is InChI=1S/C18H26N2O3.C2HF3O2/c1-19(2)10-12-22-16-13-20(15-9-6-11-23-17(15)16)18(21)14-7-4-3-5-8-14;3-2(4,5)1(6)7/h3-5,7-8,15-17H,6,9-13H2,1-2H3;(H,6,7)/t15-,16-,17+;/m1./s1. The predicted molar refractivity (Wildman–Crippen MR) is 102 cm³/mol. The first-order valence-electron chi connectivity index (χ1n) is 9.65. The molecule has 0 unspecified atom stereocenters. The zero-order valence-corrected chi connectivity index (χ0v) is 17.0. The number of rotatable bonds is 5. The molecule has 10 heteroatoms. The van der Waals surface area contributed by atoms with Gasteiger partial charge in [0, 0.05) is 18.7 Å². The molecule has 0 saturated carbocycles. The van der Waals surface area contributed by atoms with E-state index in [1.165, 1.54) is 0 Å². The zero-order valence-electron chi connectivity index (χ0n) is 17.0. The lowest BCUT2D eigenvalue weighted by atomic mass is 10.0. The lowest BCUT2D eigenvalue weighted by Crippen LogP contribution is -2.44. The lowest BCUT2D eigenvalue weighted by molar-refractivity contribution is -0.192. The number of hydrogen-bond acceptors (Lipinski definition) is 5. The topological polar surface area (TPSA) is 79.3 Å². The molecule has 0 spiro atoms. The summed E-state index contributed by atoms with van der Waals surface area (Å²) < 4.78 is 43.7. The number of fused-ring (bicyclic) bond motifs is 1. The average molecular weight is 432 g/mol. The van der Waals surface area contributed by atoms with E-state index in [4.69, 9.17) is 19.4 Å². The maximum atomic E-state index is 12.8. The van der Waals surface area contributed by atoms with Crippen LogP contribution in [0, 0.1) is 0 Å². The maximum absolute atomic E-state index is 12.8. The number of carboxylic acids is 1. The second-order valence-corrected chi connectivity index (χ2v) is 7.38. The zero-order chi connectivity index (χ0) is 22.3. The first-order valence-corrected chi connectivity index (χ1v) is 9.65. The van der Waals surface area contributed by atoms with Crippen LogP contribution in [0.4, 0.5) is 13.2 Å². The smallest absolute Gasteiger partial charge is 0.475 e. The van der Waals surface area contributed by atoms with E-state index in [2.05, 4.69) is 4.90 Å². The number of alkyl halides is 3. The third-order valence-electron chi connectivity index (χ3n) is 4.87. The van der Waals surface area contributed by atoms with Crippen LogP contribution in [-0.2, 0) is 14.3 Å². The molecule has 3 atom stereocenters. The fourth-order valence-electron chi connectivity index (χ4n) is 3.42. The van der Waals surface area contributed by atoms with E-state index in [1.807, 2.05) is 49.3 Å². The molecule has 0 aliphatic carbocycles. The van der Waals surface area contributed by atoms with Gasteiger partial charge in [-0.2, -0.15) is 13.2 Å². The number of likely N-dealkylation sites (tertiary alicyclic amines) is 1. The van der Waals surface area contributed by atoms with Crippen LogP contribution < -0.4 is 0 Å². The largest absolute Gasteiger partial charge is 0.490 e. The minimum absolute atomic E-state index is 0.0126. The number of hydrogen-bond donors (Lipinski definition) is 1. The Morgan fingerprint density at radius 1 is 1.27 bits per heavy atom. The second-order valence-electron chi connectivity index (χ2n) is 7.38. The third-order valence-corrected chi connectivity index (χ3v) is 4.87. The van der Waals surface area contributed by atoms with Crippen molar-refractivity contribution in [1.29, 1.82) is 0 Å². The van der Waals surface area contributed by atoms with Gasteiger partial charge in [0.2, 0.25) is 0 Å². The molecule has 2 heterocycles. The summed E-state index contributed by atoms with van der Waals surface area (Å²) in [6.07, 6.45) is -3.09. The number of halogens is 3. The highest BCUT2D eigenvalue weighted by molar-refractivity contribution is 5.94. The van der Waals surface area contributed by atoms with E-state index in [1.54, 1.807) is 0 Å². The Morgan fingerprint density at radius 3 is 2.47 bits per heavy atom. The lowest BCUT2D eigenvalue weighted by Gasteiger charge is -2.32. The molecule has 1 amide bonds. The van der Waals surface area contributed by atoms with Gasteiger partial charge >= 0.3 is 12.1 Å². The van der Waals surface area contributed by atoms with Gasteiger partial charge < -0.3 is 24.4 Å². The molecular formula is C20H27F3N2O5. The quantitative estimate of drug-likeness (QED) is 0.769. The number of nitrogens with zero attached hydrogens (tertiary/aromatic N) is 2. The normalized spacial score (nSPS) is 23.5. The Balaban J connectivity index is 0.000000396. The molecule has 0 aromatic heterocycles. The number of likely N-dealkylation sites (N-methyl/N-ethyl adjacent to an activating group) is 1. The molecule has 2 aliphatic rings. The molecule has 2 aliphatic heterocycles. The average Bonchev–Trinajstić information content (AvgIpc) is 3.06. The highest BCUT2D eigenvalue weighted by atomic mass is 19.4. The number of carbonyl (C=O) groups is 2. The molecule has 7 nitrogen and oxygen atoms in total. The van der Waals surface area contributed by atoms with E-state index in [0.717, 1.165) is 31.6 Å². The third kappa shape index (κ3) is 6.68. The summed E-state index contributed by atoms with van der Waals surface area (Å²) in [6, 6.07) is 9.64. The number of ether oxygens (including phenoxy) is 2. The minimum Gasteiger partial charge on any atom is -0.475 e. The van der Waals surface area contributed by atoms with Crippen molar-refractivity contribution in [2.24, 2.45) is 0 Å². The first kappa shape index (κ1) is 24.1. The van der Waals surface area contributed by atoms with E-state index < -0.39 is 12.1 Å². The van der Waals surface area contributed by atoms with Crippen LogP contribution in [0.3, 0.4) is 0 Å². The summed E-state index contributed by atoms with van der Waals surface area (Å²) in [7, 11) is 4.06.